The molecule has 1 rings (SSSR count). The van der Waals surface area contributed by atoms with Gasteiger partial charge in [0.2, 0.25) is 11.9 Å². The van der Waals surface area contributed by atoms with Gasteiger partial charge in [-0.25, -0.2) is 4.98 Å². The van der Waals surface area contributed by atoms with Crippen LogP contribution in [0.15, 0.2) is 4.79 Å². The van der Waals surface area contributed by atoms with Crippen LogP contribution in [0.25, 0.3) is 0 Å². The van der Waals surface area contributed by atoms with E-state index in [-0.39, 0.29) is 17.5 Å². The first-order chi connectivity index (χ1) is 6.00. The van der Waals surface area contributed by atoms with E-state index in [1.807, 2.05) is 0 Å². The average Bonchev–Trinajstić information content (AvgIpc) is 1.96. The number of nitrogens with zero attached hydrogens (tertiary/aromatic N) is 1. The Kier molecular flexibility index (Phi) is 2.32. The predicted molar refractivity (Wildman–Crippen MR) is 48.3 cm³/mol. The third-order valence-corrected chi connectivity index (χ3v) is 1.42. The summed E-state index contributed by atoms with van der Waals surface area (Å²) >= 11 is 0. The van der Waals surface area contributed by atoms with E-state index in [0.717, 1.165) is 0 Å². The lowest BCUT2D eigenvalue weighted by atomic mass is 10.3. The lowest BCUT2D eigenvalue weighted by Gasteiger charge is -2.04. The van der Waals surface area contributed by atoms with E-state index in [2.05, 4.69) is 15.3 Å². The molecule has 6 heteroatoms. The van der Waals surface area contributed by atoms with Gasteiger partial charge in [0.1, 0.15) is 5.69 Å². The monoisotopic (exact) mass is 182 g/mol. The molecule has 0 aromatic carbocycles. The highest BCUT2D eigenvalue weighted by atomic mass is 16.2. The zero-order valence-corrected chi connectivity index (χ0v) is 7.34. The Bertz CT molecular complexity index is 396. The molecule has 0 radical (unpaired) electrons. The molecule has 1 aromatic heterocycles. The molecule has 0 saturated carbocycles. The number of nitrogens with one attached hydrogen (secondary N) is 2. The highest BCUT2D eigenvalue weighted by Crippen LogP contribution is 2.04. The van der Waals surface area contributed by atoms with E-state index in [4.69, 9.17) is 5.73 Å². The van der Waals surface area contributed by atoms with Gasteiger partial charge in [-0.15, -0.1) is 0 Å². The minimum atomic E-state index is -0.444. The summed E-state index contributed by atoms with van der Waals surface area (Å²) in [6.07, 6.45) is 0. The van der Waals surface area contributed by atoms with Gasteiger partial charge >= 0.3 is 0 Å². The molecule has 0 spiro atoms. The maximum Gasteiger partial charge on any atom is 0.276 e. The Labute approximate surface area is 74.2 Å². The number of carbonyl (C=O) groups is 1. The Balaban J connectivity index is 3.21. The molecule has 1 heterocycles. The van der Waals surface area contributed by atoms with Crippen LogP contribution in [0.1, 0.15) is 12.6 Å². The van der Waals surface area contributed by atoms with Crippen molar-refractivity contribution in [2.24, 2.45) is 0 Å². The summed E-state index contributed by atoms with van der Waals surface area (Å²) in [6, 6.07) is 0. The normalized spacial score (nSPS) is 9.69. The second kappa shape index (κ2) is 3.26. The number of carbonyl (C=O) groups excluding carboxylic acids is 1. The van der Waals surface area contributed by atoms with Crippen molar-refractivity contribution in [2.45, 2.75) is 13.8 Å². The summed E-state index contributed by atoms with van der Waals surface area (Å²) < 4.78 is 0. The van der Waals surface area contributed by atoms with Crippen LogP contribution in [0.2, 0.25) is 0 Å². The molecule has 0 atom stereocenters. The van der Waals surface area contributed by atoms with Crippen LogP contribution >= 0.6 is 0 Å². The van der Waals surface area contributed by atoms with Crippen molar-refractivity contribution in [3.05, 3.63) is 16.0 Å². The minimum Gasteiger partial charge on any atom is -0.369 e. The van der Waals surface area contributed by atoms with Gasteiger partial charge in [0.15, 0.2) is 0 Å². The Morgan fingerprint density at radius 2 is 2.23 bits per heavy atom. The van der Waals surface area contributed by atoms with E-state index in [9.17, 15) is 9.59 Å². The first-order valence-electron chi connectivity index (χ1n) is 3.64. The zero-order valence-electron chi connectivity index (χ0n) is 7.34. The topological polar surface area (TPSA) is 101 Å². The largest absolute Gasteiger partial charge is 0.369 e. The Morgan fingerprint density at radius 3 is 2.69 bits per heavy atom. The summed E-state index contributed by atoms with van der Waals surface area (Å²) in [5.41, 5.74) is 5.38. The number of nitrogen functional groups attached to an aromatic ring is 1. The molecule has 0 aliphatic rings. The van der Waals surface area contributed by atoms with Gasteiger partial charge < -0.3 is 11.1 Å². The summed E-state index contributed by atoms with van der Waals surface area (Å²) in [4.78, 5) is 28.0. The molecular weight excluding hydrogens is 172 g/mol. The van der Waals surface area contributed by atoms with Crippen molar-refractivity contribution in [3.63, 3.8) is 0 Å². The minimum absolute atomic E-state index is 0.0385. The number of rotatable bonds is 1. The average molecular weight is 182 g/mol. The van der Waals surface area contributed by atoms with Crippen molar-refractivity contribution in [1.29, 1.82) is 0 Å². The number of aromatic amines is 1. The molecule has 0 saturated heterocycles. The molecule has 6 nitrogen and oxygen atoms in total. The number of nitrogens with two attached hydrogens (primary N) is 1. The van der Waals surface area contributed by atoms with Gasteiger partial charge in [0.25, 0.3) is 5.56 Å². The first-order valence-corrected chi connectivity index (χ1v) is 3.64. The second-order valence-corrected chi connectivity index (χ2v) is 2.59. The molecular formula is C7H10N4O2. The van der Waals surface area contributed by atoms with Crippen molar-refractivity contribution in [1.82, 2.24) is 9.97 Å². The molecule has 13 heavy (non-hydrogen) atoms. The molecule has 0 aliphatic heterocycles. The Morgan fingerprint density at radius 1 is 1.62 bits per heavy atom. The predicted octanol–water partition coefficient (Wildman–Crippen LogP) is -0.381. The van der Waals surface area contributed by atoms with Crippen LogP contribution in [0.5, 0.6) is 0 Å². The first kappa shape index (κ1) is 9.24. The number of hydrogen-bond acceptors (Lipinski definition) is 4. The summed E-state index contributed by atoms with van der Waals surface area (Å²) in [7, 11) is 0. The molecule has 0 fully saturated rings. The fraction of sp³-hybridized carbons (Fsp3) is 0.286. The van der Waals surface area contributed by atoms with E-state index in [0.29, 0.717) is 5.69 Å². The fourth-order valence-electron chi connectivity index (χ4n) is 0.931. The maximum absolute atomic E-state index is 11.2. The van der Waals surface area contributed by atoms with E-state index < -0.39 is 5.56 Å². The molecule has 0 unspecified atom stereocenters. The maximum atomic E-state index is 11.2. The third kappa shape index (κ3) is 2.05. The van der Waals surface area contributed by atoms with Gasteiger partial charge in [-0.1, -0.05) is 0 Å². The van der Waals surface area contributed by atoms with Crippen LogP contribution in [0.3, 0.4) is 0 Å². The summed E-state index contributed by atoms with van der Waals surface area (Å²) in [6.45, 7) is 2.91. The third-order valence-electron chi connectivity index (χ3n) is 1.42. The lowest BCUT2D eigenvalue weighted by Crippen LogP contribution is -2.21. The van der Waals surface area contributed by atoms with Gasteiger partial charge in [0, 0.05) is 6.92 Å². The Hall–Kier alpha value is -1.85. The van der Waals surface area contributed by atoms with Crippen LogP contribution in [-0.4, -0.2) is 15.9 Å². The zero-order chi connectivity index (χ0) is 10.0. The summed E-state index contributed by atoms with van der Waals surface area (Å²) in [5.74, 6) is -0.281. The number of anilines is 2. The van der Waals surface area contributed by atoms with Crippen molar-refractivity contribution in [2.75, 3.05) is 11.1 Å². The molecule has 0 bridgehead atoms. The molecule has 1 aromatic rings. The van der Waals surface area contributed by atoms with Crippen LogP contribution in [0.4, 0.5) is 11.6 Å². The van der Waals surface area contributed by atoms with E-state index >= 15 is 0 Å². The highest BCUT2D eigenvalue weighted by molar-refractivity contribution is 5.88. The second-order valence-electron chi connectivity index (χ2n) is 2.59. The van der Waals surface area contributed by atoms with Crippen molar-refractivity contribution >= 4 is 17.5 Å². The fourth-order valence-corrected chi connectivity index (χ4v) is 0.931. The van der Waals surface area contributed by atoms with Crippen LogP contribution in [0, 0.1) is 6.92 Å². The van der Waals surface area contributed by atoms with Gasteiger partial charge in [-0.3, -0.25) is 14.6 Å². The summed E-state index contributed by atoms with van der Waals surface area (Å²) in [5, 5.41) is 2.37. The number of aromatic nitrogens is 2. The number of hydrogen-bond donors (Lipinski definition) is 3. The highest BCUT2D eigenvalue weighted by Gasteiger charge is 2.07. The number of amides is 1. The van der Waals surface area contributed by atoms with Crippen LogP contribution in [-0.2, 0) is 4.79 Å². The number of H-pyrrole nitrogens is 1. The standard InChI is InChI=1S/C7H10N4O2/c1-3-5(10-4(2)12)6(13)11-7(8)9-3/h1-2H3,(H,10,12)(H3,8,9,11,13). The van der Waals surface area contributed by atoms with Gasteiger partial charge in [-0.2, -0.15) is 0 Å². The quantitative estimate of drug-likeness (QED) is 0.551. The molecule has 0 aliphatic carbocycles. The number of aryl methyl sites for hydroxylation is 1. The molecule has 4 N–H and O–H groups in total. The molecule has 1 amide bonds. The van der Waals surface area contributed by atoms with Crippen molar-refractivity contribution in [3.8, 4) is 0 Å². The van der Waals surface area contributed by atoms with Gasteiger partial charge in [-0.05, 0) is 6.92 Å². The SMILES string of the molecule is CC(=O)Nc1c(C)nc(N)[nH]c1=O. The van der Waals surface area contributed by atoms with Crippen molar-refractivity contribution < 1.29 is 4.79 Å². The van der Waals surface area contributed by atoms with Crippen LogP contribution < -0.4 is 16.6 Å². The molecule has 70 valence electrons. The van der Waals surface area contributed by atoms with Gasteiger partial charge in [0.05, 0.1) is 5.69 Å². The van der Waals surface area contributed by atoms with E-state index in [1.54, 1.807) is 6.92 Å². The van der Waals surface area contributed by atoms with E-state index in [1.165, 1.54) is 6.92 Å². The smallest absolute Gasteiger partial charge is 0.276 e. The lowest BCUT2D eigenvalue weighted by molar-refractivity contribution is -0.114.